The molecular formula is C16H13F2N5O. The molecule has 0 saturated heterocycles. The van der Waals surface area contributed by atoms with Crippen LogP contribution in [0.4, 0.5) is 20.3 Å². The van der Waals surface area contributed by atoms with Gasteiger partial charge in [0.1, 0.15) is 17.1 Å². The third-order valence-electron chi connectivity index (χ3n) is 3.83. The highest BCUT2D eigenvalue weighted by atomic mass is 19.3. The van der Waals surface area contributed by atoms with E-state index in [1.807, 2.05) is 0 Å². The monoisotopic (exact) mass is 329 g/mol. The zero-order valence-corrected chi connectivity index (χ0v) is 12.5. The molecule has 0 spiro atoms. The van der Waals surface area contributed by atoms with Crippen molar-refractivity contribution in [2.45, 2.75) is 19.3 Å². The van der Waals surface area contributed by atoms with Crippen LogP contribution in [0.3, 0.4) is 0 Å². The van der Waals surface area contributed by atoms with E-state index in [1.165, 1.54) is 18.5 Å². The third-order valence-corrected chi connectivity index (χ3v) is 3.83. The number of halogens is 2. The summed E-state index contributed by atoms with van der Waals surface area (Å²) in [7, 11) is 0. The van der Waals surface area contributed by atoms with Crippen LogP contribution < -0.4 is 10.6 Å². The first kappa shape index (κ1) is 14.6. The quantitative estimate of drug-likeness (QED) is 0.907. The van der Waals surface area contributed by atoms with E-state index in [1.54, 1.807) is 18.3 Å². The Bertz CT molecular complexity index is 864. The van der Waals surface area contributed by atoms with Gasteiger partial charge in [-0.05, 0) is 36.6 Å². The van der Waals surface area contributed by atoms with E-state index in [2.05, 4.69) is 20.7 Å². The van der Waals surface area contributed by atoms with Crippen molar-refractivity contribution in [2.24, 2.45) is 0 Å². The number of fused-ring (bicyclic) bond motifs is 1. The highest BCUT2D eigenvalue weighted by Crippen LogP contribution is 2.38. The molecule has 6 nitrogen and oxygen atoms in total. The molecule has 2 aromatic heterocycles. The molecule has 24 heavy (non-hydrogen) atoms. The van der Waals surface area contributed by atoms with Gasteiger partial charge in [0.05, 0.1) is 18.1 Å². The van der Waals surface area contributed by atoms with E-state index in [9.17, 15) is 13.6 Å². The van der Waals surface area contributed by atoms with Gasteiger partial charge in [-0.15, -0.1) is 0 Å². The summed E-state index contributed by atoms with van der Waals surface area (Å²) < 4.78 is 27.7. The van der Waals surface area contributed by atoms with Gasteiger partial charge in [-0.2, -0.15) is 5.10 Å². The molecule has 0 radical (unpaired) electrons. The average molecular weight is 329 g/mol. The maximum Gasteiger partial charge on any atom is 0.280 e. The molecule has 0 bridgehead atoms. The number of hydrogen-bond acceptors (Lipinski definition) is 4. The van der Waals surface area contributed by atoms with Crippen LogP contribution in [0, 0.1) is 0 Å². The van der Waals surface area contributed by atoms with Crippen molar-refractivity contribution in [3.63, 3.8) is 0 Å². The van der Waals surface area contributed by atoms with Crippen molar-refractivity contribution in [2.75, 3.05) is 10.6 Å². The molecule has 0 atom stereocenters. The van der Waals surface area contributed by atoms with Crippen LogP contribution in [0.25, 0.3) is 5.70 Å². The molecule has 0 unspecified atom stereocenters. The zero-order valence-electron chi connectivity index (χ0n) is 12.5. The number of anilines is 2. The number of hydrogen-bond donors (Lipinski definition) is 2. The summed E-state index contributed by atoms with van der Waals surface area (Å²) in [6.07, 6.45) is 4.84. The molecule has 122 valence electrons. The number of pyridine rings is 1. The van der Waals surface area contributed by atoms with E-state index in [4.69, 9.17) is 0 Å². The molecule has 1 aliphatic heterocycles. The SMILES string of the molecule is O=C(Nc1cccnc1)c1cnn2c1NC(=C1CC1)C=C2C(F)F. The number of alkyl halides is 2. The third kappa shape index (κ3) is 2.55. The number of carbonyl (C=O) groups is 1. The lowest BCUT2D eigenvalue weighted by atomic mass is 10.2. The predicted octanol–water partition coefficient (Wildman–Crippen LogP) is 3.11. The summed E-state index contributed by atoms with van der Waals surface area (Å²) in [5.74, 6) is -0.184. The van der Waals surface area contributed by atoms with Crippen LogP contribution in [-0.4, -0.2) is 27.1 Å². The lowest BCUT2D eigenvalue weighted by molar-refractivity contribution is 0.102. The zero-order chi connectivity index (χ0) is 16.7. The van der Waals surface area contributed by atoms with Gasteiger partial charge in [-0.3, -0.25) is 9.78 Å². The smallest absolute Gasteiger partial charge is 0.280 e. The second kappa shape index (κ2) is 5.55. The fraction of sp³-hybridized carbons (Fsp3) is 0.188. The maximum absolute atomic E-state index is 13.3. The number of aromatic nitrogens is 3. The van der Waals surface area contributed by atoms with Gasteiger partial charge in [0, 0.05) is 11.9 Å². The number of rotatable bonds is 3. The Labute approximate surface area is 135 Å². The van der Waals surface area contributed by atoms with Gasteiger partial charge < -0.3 is 10.6 Å². The Balaban J connectivity index is 1.70. The molecular weight excluding hydrogens is 316 g/mol. The van der Waals surface area contributed by atoms with Crippen LogP contribution in [0.1, 0.15) is 23.2 Å². The lowest BCUT2D eigenvalue weighted by Gasteiger charge is -2.20. The fourth-order valence-electron chi connectivity index (χ4n) is 2.52. The largest absolute Gasteiger partial charge is 0.339 e. The second-order valence-electron chi connectivity index (χ2n) is 5.53. The average Bonchev–Trinajstić information content (AvgIpc) is 3.34. The normalized spacial score (nSPS) is 15.7. The molecule has 2 aliphatic rings. The van der Waals surface area contributed by atoms with Gasteiger partial charge in [0.2, 0.25) is 0 Å². The van der Waals surface area contributed by atoms with Crippen molar-refractivity contribution in [3.05, 3.63) is 53.6 Å². The first-order chi connectivity index (χ1) is 11.6. The van der Waals surface area contributed by atoms with Crippen LogP contribution in [-0.2, 0) is 0 Å². The summed E-state index contributed by atoms with van der Waals surface area (Å²) in [5, 5.41) is 9.68. The van der Waals surface area contributed by atoms with Crippen molar-refractivity contribution < 1.29 is 13.6 Å². The summed E-state index contributed by atoms with van der Waals surface area (Å²) in [5.41, 5.74) is 2.18. The topological polar surface area (TPSA) is 71.8 Å². The van der Waals surface area contributed by atoms with E-state index >= 15 is 0 Å². The molecule has 3 heterocycles. The summed E-state index contributed by atoms with van der Waals surface area (Å²) >= 11 is 0. The van der Waals surface area contributed by atoms with Gasteiger partial charge in [0.15, 0.2) is 0 Å². The Hall–Kier alpha value is -3.03. The van der Waals surface area contributed by atoms with Gasteiger partial charge in [-0.25, -0.2) is 13.5 Å². The number of nitrogens with zero attached hydrogens (tertiary/aromatic N) is 3. The first-order valence-electron chi connectivity index (χ1n) is 7.42. The molecule has 1 amide bonds. The van der Waals surface area contributed by atoms with Gasteiger partial charge in [-0.1, -0.05) is 0 Å². The van der Waals surface area contributed by atoms with Crippen LogP contribution in [0.2, 0.25) is 0 Å². The Kier molecular flexibility index (Phi) is 3.37. The molecule has 2 N–H and O–H groups in total. The lowest BCUT2D eigenvalue weighted by Crippen LogP contribution is -2.20. The predicted molar refractivity (Wildman–Crippen MR) is 84.6 cm³/mol. The molecule has 1 fully saturated rings. The van der Waals surface area contributed by atoms with Crippen molar-refractivity contribution in [3.8, 4) is 0 Å². The number of nitrogens with one attached hydrogen (secondary N) is 2. The van der Waals surface area contributed by atoms with Crippen molar-refractivity contribution in [1.29, 1.82) is 0 Å². The van der Waals surface area contributed by atoms with E-state index in [0.29, 0.717) is 11.4 Å². The number of allylic oxidation sites excluding steroid dienone is 3. The molecule has 2 aromatic rings. The van der Waals surface area contributed by atoms with E-state index in [-0.39, 0.29) is 17.1 Å². The van der Waals surface area contributed by atoms with E-state index in [0.717, 1.165) is 23.1 Å². The summed E-state index contributed by atoms with van der Waals surface area (Å²) in [6.45, 7) is 0. The fourth-order valence-corrected chi connectivity index (χ4v) is 2.52. The Morgan fingerprint density at radius 2 is 2.17 bits per heavy atom. The minimum atomic E-state index is -2.69. The molecule has 0 aromatic carbocycles. The standard InChI is InChI=1S/C16H13F2N5O/c17-14(18)13-6-12(9-3-4-9)22-15-11(8-20-23(13)15)16(24)21-10-2-1-5-19-7-10/h1-2,5-8,14,22H,3-4H2,(H,21,24). The molecule has 1 aliphatic carbocycles. The minimum absolute atomic E-state index is 0.198. The van der Waals surface area contributed by atoms with Gasteiger partial charge in [0.25, 0.3) is 12.3 Å². The molecule has 4 rings (SSSR count). The highest BCUT2D eigenvalue weighted by molar-refractivity contribution is 6.08. The number of amides is 1. The Morgan fingerprint density at radius 3 is 2.83 bits per heavy atom. The van der Waals surface area contributed by atoms with Gasteiger partial charge >= 0.3 is 0 Å². The first-order valence-corrected chi connectivity index (χ1v) is 7.42. The second-order valence-corrected chi connectivity index (χ2v) is 5.53. The summed E-state index contributed by atoms with van der Waals surface area (Å²) in [4.78, 5) is 16.4. The van der Waals surface area contributed by atoms with Crippen molar-refractivity contribution >= 4 is 23.1 Å². The van der Waals surface area contributed by atoms with Crippen molar-refractivity contribution in [1.82, 2.24) is 14.8 Å². The maximum atomic E-state index is 13.3. The minimum Gasteiger partial charge on any atom is -0.339 e. The molecule has 8 heteroatoms. The van der Waals surface area contributed by atoms with Crippen LogP contribution in [0.15, 0.2) is 48.1 Å². The highest BCUT2D eigenvalue weighted by Gasteiger charge is 2.30. The molecule has 1 saturated carbocycles. The summed E-state index contributed by atoms with van der Waals surface area (Å²) in [6, 6.07) is 3.38. The van der Waals surface area contributed by atoms with Crippen LogP contribution >= 0.6 is 0 Å². The number of carbonyl (C=O) groups excluding carboxylic acids is 1. The van der Waals surface area contributed by atoms with E-state index < -0.39 is 12.3 Å². The Morgan fingerprint density at radius 1 is 1.33 bits per heavy atom. The van der Waals surface area contributed by atoms with Crippen LogP contribution in [0.5, 0.6) is 0 Å².